The summed E-state index contributed by atoms with van der Waals surface area (Å²) in [5.41, 5.74) is 5.43. The van der Waals surface area contributed by atoms with E-state index in [-0.39, 0.29) is 18.3 Å². The van der Waals surface area contributed by atoms with Gasteiger partial charge in [0.15, 0.2) is 0 Å². The van der Waals surface area contributed by atoms with Crippen LogP contribution in [-0.4, -0.2) is 22.0 Å². The van der Waals surface area contributed by atoms with Crippen LogP contribution in [0.1, 0.15) is 46.0 Å². The van der Waals surface area contributed by atoms with E-state index in [0.29, 0.717) is 18.3 Å². The van der Waals surface area contributed by atoms with Crippen LogP contribution in [0.2, 0.25) is 0 Å². The number of hydrogen-bond acceptors (Lipinski definition) is 3. The lowest BCUT2D eigenvalue weighted by atomic mass is 10.1. The average molecular weight is 303 g/mol. The molecular weight excluding hydrogens is 276 g/mol. The maximum Gasteiger partial charge on any atom is 0.226 e. The van der Waals surface area contributed by atoms with Crippen molar-refractivity contribution >= 4 is 24.3 Å². The van der Waals surface area contributed by atoms with Crippen molar-refractivity contribution in [3.63, 3.8) is 0 Å². The van der Waals surface area contributed by atoms with E-state index in [1.165, 1.54) is 0 Å². The van der Waals surface area contributed by atoms with Crippen molar-refractivity contribution in [2.75, 3.05) is 11.9 Å². The maximum atomic E-state index is 11.8. The molecule has 0 aliphatic carbocycles. The largest absolute Gasteiger partial charge is 0.330 e. The zero-order valence-electron chi connectivity index (χ0n) is 12.5. The highest BCUT2D eigenvalue weighted by molar-refractivity contribution is 5.88. The van der Waals surface area contributed by atoms with Gasteiger partial charge in [0.25, 0.3) is 0 Å². The summed E-state index contributed by atoms with van der Waals surface area (Å²) in [5.74, 6) is 1.23. The SMILES string of the molecule is CC(C)Cn1ccnc1NC(=O)CCCCCCN.Cl. The Bertz CT molecular complexity index is 379. The molecule has 116 valence electrons. The number of aromatic nitrogens is 2. The first kappa shape index (κ1) is 18.9. The van der Waals surface area contributed by atoms with Gasteiger partial charge < -0.3 is 10.3 Å². The van der Waals surface area contributed by atoms with Crippen LogP contribution in [0.25, 0.3) is 0 Å². The van der Waals surface area contributed by atoms with Gasteiger partial charge in [-0.2, -0.15) is 0 Å². The number of unbranched alkanes of at least 4 members (excludes halogenated alkanes) is 3. The van der Waals surface area contributed by atoms with E-state index in [1.54, 1.807) is 6.20 Å². The minimum Gasteiger partial charge on any atom is -0.330 e. The highest BCUT2D eigenvalue weighted by Crippen LogP contribution is 2.10. The van der Waals surface area contributed by atoms with Gasteiger partial charge in [0, 0.05) is 25.4 Å². The predicted octanol–water partition coefficient (Wildman–Crippen LogP) is 2.81. The van der Waals surface area contributed by atoms with E-state index < -0.39 is 0 Å². The third-order valence-corrected chi connectivity index (χ3v) is 2.89. The van der Waals surface area contributed by atoms with E-state index in [1.807, 2.05) is 10.8 Å². The summed E-state index contributed by atoms with van der Waals surface area (Å²) in [5, 5.41) is 2.88. The van der Waals surface area contributed by atoms with Gasteiger partial charge in [-0.3, -0.25) is 10.1 Å². The molecule has 0 atom stereocenters. The summed E-state index contributed by atoms with van der Waals surface area (Å²) < 4.78 is 1.98. The molecule has 0 spiro atoms. The van der Waals surface area contributed by atoms with Gasteiger partial charge >= 0.3 is 0 Å². The molecule has 1 aromatic heterocycles. The van der Waals surface area contributed by atoms with E-state index in [0.717, 1.165) is 38.8 Å². The zero-order chi connectivity index (χ0) is 14.1. The molecule has 0 fully saturated rings. The topological polar surface area (TPSA) is 72.9 Å². The molecule has 0 radical (unpaired) electrons. The number of nitrogens with two attached hydrogens (primary N) is 1. The number of rotatable bonds is 9. The normalized spacial score (nSPS) is 10.4. The second-order valence-corrected chi connectivity index (χ2v) is 5.30. The molecule has 5 nitrogen and oxygen atoms in total. The number of nitrogens with zero attached hydrogens (tertiary/aromatic N) is 2. The summed E-state index contributed by atoms with van der Waals surface area (Å²) in [6.07, 6.45) is 8.29. The standard InChI is InChI=1S/C14H26N4O.ClH/c1-12(2)11-18-10-9-16-14(18)17-13(19)7-5-3-4-6-8-15;/h9-10,12H,3-8,11,15H2,1-2H3,(H,16,17,19);1H. The lowest BCUT2D eigenvalue weighted by Gasteiger charge is -2.10. The molecule has 1 aromatic rings. The number of amides is 1. The molecule has 1 heterocycles. The smallest absolute Gasteiger partial charge is 0.226 e. The Kier molecular flexibility index (Phi) is 10.1. The lowest BCUT2D eigenvalue weighted by Crippen LogP contribution is -2.16. The highest BCUT2D eigenvalue weighted by atomic mass is 35.5. The minimum atomic E-state index is 0. The van der Waals surface area contributed by atoms with E-state index in [9.17, 15) is 4.79 Å². The van der Waals surface area contributed by atoms with Crippen LogP contribution in [0.15, 0.2) is 12.4 Å². The lowest BCUT2D eigenvalue weighted by molar-refractivity contribution is -0.116. The van der Waals surface area contributed by atoms with E-state index in [2.05, 4.69) is 24.1 Å². The van der Waals surface area contributed by atoms with Crippen molar-refractivity contribution in [2.45, 2.75) is 52.5 Å². The fraction of sp³-hybridized carbons (Fsp3) is 0.714. The van der Waals surface area contributed by atoms with Gasteiger partial charge in [0.2, 0.25) is 11.9 Å². The molecule has 3 N–H and O–H groups in total. The maximum absolute atomic E-state index is 11.8. The Balaban J connectivity index is 0.00000361. The number of carbonyl (C=O) groups is 1. The number of halogens is 1. The number of anilines is 1. The van der Waals surface area contributed by atoms with Gasteiger partial charge in [-0.25, -0.2) is 4.98 Å². The van der Waals surface area contributed by atoms with Crippen LogP contribution in [0, 0.1) is 5.92 Å². The molecular formula is C14H27ClN4O. The second-order valence-electron chi connectivity index (χ2n) is 5.30. The third-order valence-electron chi connectivity index (χ3n) is 2.89. The molecule has 0 saturated carbocycles. The molecule has 1 rings (SSSR count). The minimum absolute atomic E-state index is 0. The first-order chi connectivity index (χ1) is 9.13. The quantitative estimate of drug-likeness (QED) is 0.689. The molecule has 1 amide bonds. The number of nitrogens with one attached hydrogen (secondary N) is 1. The van der Waals surface area contributed by atoms with Crippen LogP contribution in [0.4, 0.5) is 5.95 Å². The summed E-state index contributed by atoms with van der Waals surface area (Å²) in [7, 11) is 0. The Hall–Kier alpha value is -1.07. The van der Waals surface area contributed by atoms with Crippen LogP contribution < -0.4 is 11.1 Å². The molecule has 0 unspecified atom stereocenters. The fourth-order valence-corrected chi connectivity index (χ4v) is 1.94. The first-order valence-corrected chi connectivity index (χ1v) is 7.14. The fourth-order valence-electron chi connectivity index (χ4n) is 1.94. The highest BCUT2D eigenvalue weighted by Gasteiger charge is 2.08. The van der Waals surface area contributed by atoms with E-state index >= 15 is 0 Å². The molecule has 0 aliphatic heterocycles. The van der Waals surface area contributed by atoms with Gasteiger partial charge in [-0.15, -0.1) is 12.4 Å². The second kappa shape index (κ2) is 10.7. The van der Waals surface area contributed by atoms with Crippen LogP contribution in [-0.2, 0) is 11.3 Å². The van der Waals surface area contributed by atoms with Gasteiger partial charge in [0.1, 0.15) is 0 Å². The number of hydrogen-bond donors (Lipinski definition) is 2. The molecule has 20 heavy (non-hydrogen) atoms. The summed E-state index contributed by atoms with van der Waals surface area (Å²) >= 11 is 0. The van der Waals surface area contributed by atoms with Crippen molar-refractivity contribution in [1.82, 2.24) is 9.55 Å². The van der Waals surface area contributed by atoms with Crippen molar-refractivity contribution in [2.24, 2.45) is 11.7 Å². The number of imidazole rings is 1. The van der Waals surface area contributed by atoms with Gasteiger partial charge in [-0.05, 0) is 25.3 Å². The molecule has 6 heteroatoms. The zero-order valence-corrected chi connectivity index (χ0v) is 13.3. The first-order valence-electron chi connectivity index (χ1n) is 7.14. The van der Waals surface area contributed by atoms with Crippen LogP contribution in [0.5, 0.6) is 0 Å². The Morgan fingerprint density at radius 3 is 2.70 bits per heavy atom. The van der Waals surface area contributed by atoms with Gasteiger partial charge in [0.05, 0.1) is 0 Å². The molecule has 0 bridgehead atoms. The van der Waals surface area contributed by atoms with Crippen molar-refractivity contribution in [3.05, 3.63) is 12.4 Å². The van der Waals surface area contributed by atoms with Crippen molar-refractivity contribution in [3.8, 4) is 0 Å². The van der Waals surface area contributed by atoms with Gasteiger partial charge in [-0.1, -0.05) is 26.7 Å². The van der Waals surface area contributed by atoms with E-state index in [4.69, 9.17) is 5.73 Å². The Morgan fingerprint density at radius 2 is 2.05 bits per heavy atom. The molecule has 0 aliphatic rings. The Morgan fingerprint density at radius 1 is 1.35 bits per heavy atom. The molecule has 0 saturated heterocycles. The third kappa shape index (κ3) is 7.50. The average Bonchev–Trinajstić information content (AvgIpc) is 2.75. The van der Waals surface area contributed by atoms with Crippen molar-refractivity contribution < 1.29 is 4.79 Å². The monoisotopic (exact) mass is 302 g/mol. The molecule has 0 aromatic carbocycles. The number of carbonyl (C=O) groups excluding carboxylic acids is 1. The summed E-state index contributed by atoms with van der Waals surface area (Å²) in [4.78, 5) is 16.0. The Labute approximate surface area is 127 Å². The predicted molar refractivity (Wildman–Crippen MR) is 85.1 cm³/mol. The summed E-state index contributed by atoms with van der Waals surface area (Å²) in [6.45, 7) is 5.89. The summed E-state index contributed by atoms with van der Waals surface area (Å²) in [6, 6.07) is 0. The van der Waals surface area contributed by atoms with Crippen LogP contribution >= 0.6 is 12.4 Å². The van der Waals surface area contributed by atoms with Crippen LogP contribution in [0.3, 0.4) is 0 Å². The van der Waals surface area contributed by atoms with Crippen molar-refractivity contribution in [1.29, 1.82) is 0 Å².